The summed E-state index contributed by atoms with van der Waals surface area (Å²) in [5.74, 6) is 1.02. The third-order valence-corrected chi connectivity index (χ3v) is 4.18. The summed E-state index contributed by atoms with van der Waals surface area (Å²) in [6, 6.07) is 2.11. The van der Waals surface area contributed by atoms with Gasteiger partial charge in [0.25, 0.3) is 0 Å². The molecule has 104 valence electrons. The maximum atomic E-state index is 9.09. The summed E-state index contributed by atoms with van der Waals surface area (Å²) in [4.78, 5) is 10.7. The summed E-state index contributed by atoms with van der Waals surface area (Å²) >= 11 is 1.64. The Kier molecular flexibility index (Phi) is 3.91. The largest absolute Gasteiger partial charge is 0.396 e. The molecule has 6 heteroatoms. The molecule has 2 rings (SSSR count). The van der Waals surface area contributed by atoms with Gasteiger partial charge in [0.15, 0.2) is 0 Å². The molecule has 19 heavy (non-hydrogen) atoms. The molecule has 0 aliphatic rings. The molecule has 0 amide bonds. The van der Waals surface area contributed by atoms with Gasteiger partial charge in [0, 0.05) is 17.0 Å². The van der Waals surface area contributed by atoms with Crippen molar-refractivity contribution in [3.05, 3.63) is 10.9 Å². The first-order chi connectivity index (χ1) is 8.95. The van der Waals surface area contributed by atoms with Crippen LogP contribution in [0.3, 0.4) is 0 Å². The standard InChI is InChI=1S/C13H20N4OS/c1-4-8-7-9-10(17-13(2,3)5-6-18)15-12(14)16-11(9)19-8/h7,18H,4-6H2,1-3H3,(H3,14,15,16,17). The van der Waals surface area contributed by atoms with Gasteiger partial charge in [-0.05, 0) is 32.8 Å². The Balaban J connectivity index is 2.44. The molecule has 0 aliphatic heterocycles. The summed E-state index contributed by atoms with van der Waals surface area (Å²) in [6.07, 6.45) is 1.61. The maximum absolute atomic E-state index is 9.09. The molecule has 0 spiro atoms. The van der Waals surface area contributed by atoms with E-state index in [2.05, 4.69) is 28.3 Å². The van der Waals surface area contributed by atoms with Crippen LogP contribution in [0.15, 0.2) is 6.07 Å². The first-order valence-electron chi connectivity index (χ1n) is 6.40. The van der Waals surface area contributed by atoms with Crippen molar-refractivity contribution >= 4 is 33.3 Å². The fourth-order valence-electron chi connectivity index (χ4n) is 1.92. The van der Waals surface area contributed by atoms with Crippen LogP contribution in [0, 0.1) is 0 Å². The molecular weight excluding hydrogens is 260 g/mol. The van der Waals surface area contributed by atoms with Crippen molar-refractivity contribution in [2.24, 2.45) is 0 Å². The van der Waals surface area contributed by atoms with Gasteiger partial charge < -0.3 is 16.2 Å². The summed E-state index contributed by atoms with van der Waals surface area (Å²) in [6.45, 7) is 6.30. The van der Waals surface area contributed by atoms with E-state index >= 15 is 0 Å². The molecule has 0 aromatic carbocycles. The Morgan fingerprint density at radius 1 is 1.42 bits per heavy atom. The Morgan fingerprint density at radius 3 is 2.79 bits per heavy atom. The van der Waals surface area contributed by atoms with Crippen molar-refractivity contribution in [1.29, 1.82) is 0 Å². The predicted octanol–water partition coefficient (Wildman–Crippen LogP) is 2.41. The number of hydrogen-bond acceptors (Lipinski definition) is 6. The van der Waals surface area contributed by atoms with Crippen molar-refractivity contribution in [3.63, 3.8) is 0 Å². The van der Waals surface area contributed by atoms with Crippen molar-refractivity contribution in [2.45, 2.75) is 39.2 Å². The first-order valence-corrected chi connectivity index (χ1v) is 7.22. The van der Waals surface area contributed by atoms with Crippen LogP contribution in [0.4, 0.5) is 11.8 Å². The molecule has 0 saturated carbocycles. The molecular formula is C13H20N4OS. The SMILES string of the molecule is CCc1cc2c(NC(C)(C)CCO)nc(N)nc2s1. The topological polar surface area (TPSA) is 84.1 Å². The van der Waals surface area contributed by atoms with E-state index in [1.165, 1.54) is 4.88 Å². The van der Waals surface area contributed by atoms with E-state index in [9.17, 15) is 0 Å². The van der Waals surface area contributed by atoms with Gasteiger partial charge in [-0.1, -0.05) is 6.92 Å². The Morgan fingerprint density at radius 2 is 2.16 bits per heavy atom. The average molecular weight is 280 g/mol. The van der Waals surface area contributed by atoms with Gasteiger partial charge in [-0.25, -0.2) is 4.98 Å². The lowest BCUT2D eigenvalue weighted by Gasteiger charge is -2.26. The second kappa shape index (κ2) is 5.30. The number of aliphatic hydroxyl groups is 1. The van der Waals surface area contributed by atoms with Gasteiger partial charge in [-0.2, -0.15) is 4.98 Å². The highest BCUT2D eigenvalue weighted by Gasteiger charge is 2.20. The quantitative estimate of drug-likeness (QED) is 0.783. The average Bonchev–Trinajstić information content (AvgIpc) is 2.71. The lowest BCUT2D eigenvalue weighted by Crippen LogP contribution is -2.32. The summed E-state index contributed by atoms with van der Waals surface area (Å²) in [5.41, 5.74) is 5.52. The minimum Gasteiger partial charge on any atom is -0.396 e. The summed E-state index contributed by atoms with van der Waals surface area (Å²) in [5, 5.41) is 13.5. The molecule has 2 heterocycles. The molecule has 4 N–H and O–H groups in total. The number of fused-ring (bicyclic) bond motifs is 1. The van der Waals surface area contributed by atoms with Gasteiger partial charge >= 0.3 is 0 Å². The lowest BCUT2D eigenvalue weighted by atomic mass is 10.0. The number of anilines is 2. The van der Waals surface area contributed by atoms with Crippen molar-refractivity contribution in [1.82, 2.24) is 9.97 Å². The van der Waals surface area contributed by atoms with Gasteiger partial charge in [0.1, 0.15) is 10.6 Å². The molecule has 0 radical (unpaired) electrons. The van der Waals surface area contributed by atoms with Crippen LogP contribution in [0.5, 0.6) is 0 Å². The van der Waals surface area contributed by atoms with Crippen LogP contribution in [-0.4, -0.2) is 27.2 Å². The van der Waals surface area contributed by atoms with E-state index in [0.717, 1.165) is 22.5 Å². The summed E-state index contributed by atoms with van der Waals surface area (Å²) < 4.78 is 0. The van der Waals surface area contributed by atoms with Gasteiger partial charge in [0.2, 0.25) is 5.95 Å². The van der Waals surface area contributed by atoms with Crippen LogP contribution < -0.4 is 11.1 Å². The Labute approximate surface area is 116 Å². The molecule has 2 aromatic heterocycles. The number of nitrogens with one attached hydrogen (secondary N) is 1. The fraction of sp³-hybridized carbons (Fsp3) is 0.538. The zero-order chi connectivity index (χ0) is 14.0. The van der Waals surface area contributed by atoms with Crippen molar-refractivity contribution in [3.8, 4) is 0 Å². The van der Waals surface area contributed by atoms with Crippen molar-refractivity contribution < 1.29 is 5.11 Å². The molecule has 0 bridgehead atoms. The number of thiophene rings is 1. The number of nitrogens with two attached hydrogens (primary N) is 1. The number of aromatic nitrogens is 2. The number of nitrogen functional groups attached to an aromatic ring is 1. The molecule has 2 aromatic rings. The van der Waals surface area contributed by atoms with Gasteiger partial charge in [-0.15, -0.1) is 11.3 Å². The zero-order valence-electron chi connectivity index (χ0n) is 11.5. The Hall–Kier alpha value is -1.40. The third kappa shape index (κ3) is 3.13. The first kappa shape index (κ1) is 14.0. The minimum atomic E-state index is -0.239. The van der Waals surface area contributed by atoms with E-state index in [4.69, 9.17) is 10.8 Å². The number of nitrogens with zero attached hydrogens (tertiary/aromatic N) is 2. The van der Waals surface area contributed by atoms with Gasteiger partial charge in [0.05, 0.1) is 5.39 Å². The van der Waals surface area contributed by atoms with Crippen LogP contribution in [0.1, 0.15) is 32.1 Å². The normalized spacial score (nSPS) is 12.0. The van der Waals surface area contributed by atoms with E-state index in [-0.39, 0.29) is 18.1 Å². The lowest BCUT2D eigenvalue weighted by molar-refractivity contribution is 0.260. The maximum Gasteiger partial charge on any atom is 0.223 e. The van der Waals surface area contributed by atoms with Crippen molar-refractivity contribution in [2.75, 3.05) is 17.7 Å². The number of aryl methyl sites for hydroxylation is 1. The number of hydrogen-bond donors (Lipinski definition) is 3. The second-order valence-electron chi connectivity index (χ2n) is 5.20. The number of rotatable bonds is 5. The molecule has 5 nitrogen and oxygen atoms in total. The van der Waals surface area contributed by atoms with Crippen LogP contribution in [-0.2, 0) is 6.42 Å². The fourth-order valence-corrected chi connectivity index (χ4v) is 2.89. The molecule has 0 saturated heterocycles. The highest BCUT2D eigenvalue weighted by Crippen LogP contribution is 2.31. The molecule has 0 atom stereocenters. The number of aliphatic hydroxyl groups excluding tert-OH is 1. The zero-order valence-corrected chi connectivity index (χ0v) is 12.3. The van der Waals surface area contributed by atoms with Crippen LogP contribution in [0.25, 0.3) is 10.2 Å². The third-order valence-electron chi connectivity index (χ3n) is 3.00. The molecule has 0 unspecified atom stereocenters. The monoisotopic (exact) mass is 280 g/mol. The Bertz CT molecular complexity index is 579. The predicted molar refractivity (Wildman–Crippen MR) is 80.6 cm³/mol. The summed E-state index contributed by atoms with van der Waals surface area (Å²) in [7, 11) is 0. The van der Waals surface area contributed by atoms with E-state index < -0.39 is 0 Å². The van der Waals surface area contributed by atoms with E-state index in [1.54, 1.807) is 11.3 Å². The van der Waals surface area contributed by atoms with E-state index in [1.807, 2.05) is 13.8 Å². The molecule has 0 aliphatic carbocycles. The second-order valence-corrected chi connectivity index (χ2v) is 6.31. The molecule has 0 fully saturated rings. The minimum absolute atomic E-state index is 0.132. The van der Waals surface area contributed by atoms with E-state index in [0.29, 0.717) is 6.42 Å². The van der Waals surface area contributed by atoms with Crippen LogP contribution in [0.2, 0.25) is 0 Å². The smallest absolute Gasteiger partial charge is 0.223 e. The highest BCUT2D eigenvalue weighted by molar-refractivity contribution is 7.18. The van der Waals surface area contributed by atoms with Crippen LogP contribution >= 0.6 is 11.3 Å². The van der Waals surface area contributed by atoms with Gasteiger partial charge in [-0.3, -0.25) is 0 Å². The highest BCUT2D eigenvalue weighted by atomic mass is 32.1.